The number of amides is 1. The van der Waals surface area contributed by atoms with E-state index in [9.17, 15) is 19.8 Å². The molecule has 0 aliphatic rings. The lowest BCUT2D eigenvalue weighted by atomic mass is 10.0. The standard InChI is InChI=1S/C77H147NO5/c1-3-5-7-9-11-13-15-17-47-51-55-59-63-67-71-77(82)83-72-68-64-60-56-52-48-44-42-40-38-36-34-32-30-28-26-24-22-20-18-19-21-23-25-27-29-31-33-35-37-39-41-43-46-50-54-58-62-66-70-76(81)78-74(73-79)75(80)69-65-61-57-53-49-45-16-14-12-10-8-6-4-2/h18-19,22,24,65,69,74-75,79-80H,3-17,20-21,23,25-64,66-68,70-73H2,1-2H3,(H,78,81)/b19-18-,24-22-,69-65+. The number of aliphatic hydroxyl groups is 2. The Kier molecular flexibility index (Phi) is 70.9. The van der Waals surface area contributed by atoms with E-state index < -0.39 is 12.1 Å². The summed E-state index contributed by atoms with van der Waals surface area (Å²) in [6.45, 7) is 4.93. The van der Waals surface area contributed by atoms with Crippen molar-refractivity contribution in [3.63, 3.8) is 0 Å². The Morgan fingerprint density at radius 3 is 0.916 bits per heavy atom. The van der Waals surface area contributed by atoms with Crippen molar-refractivity contribution in [2.45, 2.75) is 431 Å². The molecular formula is C77H147NO5. The highest BCUT2D eigenvalue weighted by Crippen LogP contribution is 2.19. The fourth-order valence-electron chi connectivity index (χ4n) is 11.9. The molecule has 0 bridgehead atoms. The molecule has 6 nitrogen and oxygen atoms in total. The third-order valence-electron chi connectivity index (χ3n) is 17.7. The Balaban J connectivity index is 3.35. The number of carbonyl (C=O) groups excluding carboxylic acids is 2. The van der Waals surface area contributed by atoms with Crippen LogP contribution in [0.3, 0.4) is 0 Å². The van der Waals surface area contributed by atoms with Crippen LogP contribution in [0.15, 0.2) is 36.5 Å². The van der Waals surface area contributed by atoms with Crippen LogP contribution in [0, 0.1) is 0 Å². The lowest BCUT2D eigenvalue weighted by Gasteiger charge is -2.20. The maximum absolute atomic E-state index is 12.5. The van der Waals surface area contributed by atoms with Gasteiger partial charge in [0.2, 0.25) is 5.91 Å². The van der Waals surface area contributed by atoms with Crippen molar-refractivity contribution in [3.8, 4) is 0 Å². The molecular weight excluding hydrogens is 1020 g/mol. The number of aliphatic hydroxyl groups excluding tert-OH is 2. The van der Waals surface area contributed by atoms with Crippen molar-refractivity contribution < 1.29 is 24.5 Å². The molecule has 2 atom stereocenters. The Morgan fingerprint density at radius 2 is 0.602 bits per heavy atom. The van der Waals surface area contributed by atoms with E-state index in [1.165, 1.54) is 347 Å². The first kappa shape index (κ1) is 81.1. The highest BCUT2D eigenvalue weighted by atomic mass is 16.5. The summed E-state index contributed by atoms with van der Waals surface area (Å²) in [4.78, 5) is 24.5. The van der Waals surface area contributed by atoms with Crippen molar-refractivity contribution in [1.29, 1.82) is 0 Å². The fourth-order valence-corrected chi connectivity index (χ4v) is 11.9. The summed E-state index contributed by atoms with van der Waals surface area (Å²) in [5, 5.41) is 23.1. The van der Waals surface area contributed by atoms with E-state index in [-0.39, 0.29) is 18.5 Å². The normalized spacial score (nSPS) is 12.7. The number of nitrogens with one attached hydrogen (secondary N) is 1. The van der Waals surface area contributed by atoms with Crippen LogP contribution >= 0.6 is 0 Å². The molecule has 0 heterocycles. The van der Waals surface area contributed by atoms with Crippen LogP contribution in [0.1, 0.15) is 418 Å². The maximum atomic E-state index is 12.5. The molecule has 2 unspecified atom stereocenters. The molecule has 490 valence electrons. The number of ether oxygens (including phenoxy) is 1. The zero-order valence-electron chi connectivity index (χ0n) is 56.2. The zero-order valence-corrected chi connectivity index (χ0v) is 56.2. The Labute approximate surface area is 519 Å². The maximum Gasteiger partial charge on any atom is 0.305 e. The predicted octanol–water partition coefficient (Wildman–Crippen LogP) is 24.7. The molecule has 0 fully saturated rings. The molecule has 0 radical (unpaired) electrons. The lowest BCUT2D eigenvalue weighted by molar-refractivity contribution is -0.143. The van der Waals surface area contributed by atoms with E-state index in [1.807, 2.05) is 6.08 Å². The van der Waals surface area contributed by atoms with Gasteiger partial charge >= 0.3 is 5.97 Å². The number of hydrogen-bond acceptors (Lipinski definition) is 5. The van der Waals surface area contributed by atoms with Gasteiger partial charge in [-0.25, -0.2) is 0 Å². The first-order valence-electron chi connectivity index (χ1n) is 37.8. The van der Waals surface area contributed by atoms with E-state index in [0.29, 0.717) is 19.4 Å². The number of esters is 1. The molecule has 0 saturated carbocycles. The smallest absolute Gasteiger partial charge is 0.305 e. The summed E-state index contributed by atoms with van der Waals surface area (Å²) < 4.78 is 5.50. The van der Waals surface area contributed by atoms with Gasteiger partial charge in [-0.1, -0.05) is 378 Å². The summed E-state index contributed by atoms with van der Waals surface area (Å²) in [7, 11) is 0. The molecule has 0 aromatic heterocycles. The van der Waals surface area contributed by atoms with Crippen LogP contribution in [0.4, 0.5) is 0 Å². The second-order valence-electron chi connectivity index (χ2n) is 26.0. The number of rotatable bonds is 71. The van der Waals surface area contributed by atoms with Crippen LogP contribution < -0.4 is 5.32 Å². The molecule has 0 saturated heterocycles. The van der Waals surface area contributed by atoms with Crippen LogP contribution in [0.5, 0.6) is 0 Å². The van der Waals surface area contributed by atoms with E-state index in [4.69, 9.17) is 4.74 Å². The number of unbranched alkanes of at least 4 members (excludes halogenated alkanes) is 56. The molecule has 0 aliphatic heterocycles. The van der Waals surface area contributed by atoms with Crippen LogP contribution in [-0.2, 0) is 14.3 Å². The van der Waals surface area contributed by atoms with E-state index in [0.717, 1.165) is 44.9 Å². The van der Waals surface area contributed by atoms with Crippen LogP contribution in [0.25, 0.3) is 0 Å². The van der Waals surface area contributed by atoms with Gasteiger partial charge in [0.25, 0.3) is 0 Å². The van der Waals surface area contributed by atoms with Gasteiger partial charge in [-0.2, -0.15) is 0 Å². The quantitative estimate of drug-likeness (QED) is 0.0320. The van der Waals surface area contributed by atoms with Crippen molar-refractivity contribution in [2.75, 3.05) is 13.2 Å². The van der Waals surface area contributed by atoms with Crippen molar-refractivity contribution in [1.82, 2.24) is 5.32 Å². The molecule has 0 aromatic carbocycles. The van der Waals surface area contributed by atoms with Gasteiger partial charge in [0.1, 0.15) is 0 Å². The summed E-state index contributed by atoms with van der Waals surface area (Å²) in [5.41, 5.74) is 0. The minimum absolute atomic E-state index is 0.0229. The van der Waals surface area contributed by atoms with Gasteiger partial charge < -0.3 is 20.3 Å². The SMILES string of the molecule is CCCCCCCCCCCCC/C=C/C(O)C(CO)NC(=O)CCCCCCCCCCCCCCCCCCC/C=C\C/C=C\CCCCCCCCCCCCCCCCCOC(=O)CCCCCCCCCCCCCCCC. The summed E-state index contributed by atoms with van der Waals surface area (Å²) in [6, 6.07) is -0.625. The lowest BCUT2D eigenvalue weighted by Crippen LogP contribution is -2.45. The highest BCUT2D eigenvalue weighted by Gasteiger charge is 2.18. The van der Waals surface area contributed by atoms with Crippen LogP contribution in [0.2, 0.25) is 0 Å². The van der Waals surface area contributed by atoms with Gasteiger partial charge in [0.05, 0.1) is 25.4 Å². The molecule has 6 heteroatoms. The number of allylic oxidation sites excluding steroid dienone is 5. The van der Waals surface area contributed by atoms with E-state index >= 15 is 0 Å². The molecule has 0 aromatic rings. The van der Waals surface area contributed by atoms with E-state index in [1.54, 1.807) is 6.08 Å². The molecule has 83 heavy (non-hydrogen) atoms. The monoisotopic (exact) mass is 1170 g/mol. The van der Waals surface area contributed by atoms with Crippen molar-refractivity contribution in [3.05, 3.63) is 36.5 Å². The average molecular weight is 1170 g/mol. The minimum Gasteiger partial charge on any atom is -0.466 e. The average Bonchev–Trinajstić information content (AvgIpc) is 3.49. The fraction of sp³-hybridized carbons (Fsp3) is 0.896. The van der Waals surface area contributed by atoms with Gasteiger partial charge in [-0.3, -0.25) is 9.59 Å². The first-order valence-corrected chi connectivity index (χ1v) is 37.8. The summed E-state index contributed by atoms with van der Waals surface area (Å²) in [5.74, 6) is -0.0405. The Bertz CT molecular complexity index is 1340. The Hall–Kier alpha value is -1.92. The first-order chi connectivity index (χ1) is 41.0. The largest absolute Gasteiger partial charge is 0.466 e. The molecule has 0 rings (SSSR count). The number of hydrogen-bond donors (Lipinski definition) is 3. The van der Waals surface area contributed by atoms with Gasteiger partial charge in [-0.05, 0) is 64.2 Å². The second kappa shape index (κ2) is 72.6. The number of carbonyl (C=O) groups is 2. The van der Waals surface area contributed by atoms with E-state index in [2.05, 4.69) is 43.5 Å². The summed E-state index contributed by atoms with van der Waals surface area (Å²) >= 11 is 0. The van der Waals surface area contributed by atoms with Gasteiger partial charge in [-0.15, -0.1) is 0 Å². The molecule has 0 spiro atoms. The third-order valence-corrected chi connectivity index (χ3v) is 17.7. The highest BCUT2D eigenvalue weighted by molar-refractivity contribution is 5.76. The van der Waals surface area contributed by atoms with Crippen molar-refractivity contribution in [2.24, 2.45) is 0 Å². The van der Waals surface area contributed by atoms with Gasteiger partial charge in [0, 0.05) is 12.8 Å². The van der Waals surface area contributed by atoms with Gasteiger partial charge in [0.15, 0.2) is 0 Å². The second-order valence-corrected chi connectivity index (χ2v) is 26.0. The third kappa shape index (κ3) is 69.1. The van der Waals surface area contributed by atoms with Crippen LogP contribution in [-0.4, -0.2) is 47.4 Å². The molecule has 1 amide bonds. The zero-order chi connectivity index (χ0) is 59.9. The molecule has 0 aliphatic carbocycles. The Morgan fingerprint density at radius 1 is 0.337 bits per heavy atom. The topological polar surface area (TPSA) is 95.9 Å². The van der Waals surface area contributed by atoms with Crippen molar-refractivity contribution >= 4 is 11.9 Å². The minimum atomic E-state index is -0.841. The summed E-state index contributed by atoms with van der Waals surface area (Å²) in [6.07, 6.45) is 94.1. The predicted molar refractivity (Wildman–Crippen MR) is 366 cm³/mol. The molecule has 3 N–H and O–H groups in total.